The van der Waals surface area contributed by atoms with E-state index in [0.29, 0.717) is 27.3 Å². The summed E-state index contributed by atoms with van der Waals surface area (Å²) in [5.74, 6) is -0.0845. The van der Waals surface area contributed by atoms with Gasteiger partial charge in [0.05, 0.1) is 10.7 Å². The number of aromatic nitrogens is 2. The number of nitrogens with zero attached hydrogens (tertiary/aromatic N) is 2. The summed E-state index contributed by atoms with van der Waals surface area (Å²) >= 11 is 9.21. The Bertz CT molecular complexity index is 565. The van der Waals surface area contributed by atoms with Crippen LogP contribution in [0, 0.1) is 0 Å². The van der Waals surface area contributed by atoms with Crippen LogP contribution in [-0.4, -0.2) is 15.6 Å². The lowest BCUT2D eigenvalue weighted by atomic mass is 10.1. The second kappa shape index (κ2) is 5.02. The van der Waals surface area contributed by atoms with Gasteiger partial charge in [-0.15, -0.1) is 0 Å². The molecule has 0 N–H and O–H groups in total. The highest BCUT2D eigenvalue weighted by Crippen LogP contribution is 2.21. The van der Waals surface area contributed by atoms with E-state index in [-0.39, 0.29) is 5.78 Å². The maximum atomic E-state index is 12.3. The number of ketones is 1. The summed E-state index contributed by atoms with van der Waals surface area (Å²) in [5.41, 5.74) is 1.11. The van der Waals surface area contributed by atoms with Gasteiger partial charge in [0.25, 0.3) is 0 Å². The van der Waals surface area contributed by atoms with Crippen LogP contribution >= 0.6 is 27.5 Å². The third-order valence-corrected chi connectivity index (χ3v) is 3.21. The molecule has 1 aromatic heterocycles. The van der Waals surface area contributed by atoms with Crippen LogP contribution < -0.4 is 0 Å². The average molecular weight is 314 g/mol. The quantitative estimate of drug-likeness (QED) is 0.812. The molecule has 17 heavy (non-hydrogen) atoms. The standard InChI is InChI=1S/C12H10BrClN2O/c1-2-16-11(10(13)7-15-16)12(17)8-4-3-5-9(14)6-8/h3-7H,2H2,1H3. The fraction of sp³-hybridized carbons (Fsp3) is 0.167. The van der Waals surface area contributed by atoms with Crippen LogP contribution in [0.25, 0.3) is 0 Å². The molecule has 1 heterocycles. The van der Waals surface area contributed by atoms with E-state index < -0.39 is 0 Å². The number of halogens is 2. The van der Waals surface area contributed by atoms with E-state index in [1.165, 1.54) is 0 Å². The van der Waals surface area contributed by atoms with Gasteiger partial charge >= 0.3 is 0 Å². The monoisotopic (exact) mass is 312 g/mol. The van der Waals surface area contributed by atoms with Crippen molar-refractivity contribution in [1.29, 1.82) is 0 Å². The van der Waals surface area contributed by atoms with Gasteiger partial charge in [0, 0.05) is 17.1 Å². The zero-order valence-corrected chi connectivity index (χ0v) is 11.5. The molecule has 0 bridgehead atoms. The second-order valence-corrected chi connectivity index (χ2v) is 4.79. The van der Waals surface area contributed by atoms with Crippen LogP contribution in [0.5, 0.6) is 0 Å². The molecule has 0 unspecified atom stereocenters. The maximum Gasteiger partial charge on any atom is 0.212 e. The molecule has 0 saturated heterocycles. The molecular formula is C12H10BrClN2O. The van der Waals surface area contributed by atoms with E-state index in [1.807, 2.05) is 6.92 Å². The maximum absolute atomic E-state index is 12.3. The third kappa shape index (κ3) is 2.42. The molecule has 2 aromatic rings. The lowest BCUT2D eigenvalue weighted by Gasteiger charge is -2.05. The Labute approximate surface area is 113 Å². The molecule has 0 saturated carbocycles. The van der Waals surface area contributed by atoms with E-state index in [2.05, 4.69) is 21.0 Å². The highest BCUT2D eigenvalue weighted by atomic mass is 79.9. The molecule has 3 nitrogen and oxygen atoms in total. The van der Waals surface area contributed by atoms with Crippen molar-refractivity contribution in [2.45, 2.75) is 13.5 Å². The van der Waals surface area contributed by atoms with Crippen molar-refractivity contribution >= 4 is 33.3 Å². The van der Waals surface area contributed by atoms with Crippen molar-refractivity contribution in [3.63, 3.8) is 0 Å². The summed E-state index contributed by atoms with van der Waals surface area (Å²) < 4.78 is 2.36. The van der Waals surface area contributed by atoms with Gasteiger partial charge in [0.15, 0.2) is 0 Å². The molecule has 0 aliphatic rings. The number of carbonyl (C=O) groups is 1. The van der Waals surface area contributed by atoms with E-state index in [9.17, 15) is 4.79 Å². The van der Waals surface area contributed by atoms with Gasteiger partial charge in [-0.2, -0.15) is 5.10 Å². The normalized spacial score (nSPS) is 10.5. The first-order valence-corrected chi connectivity index (χ1v) is 6.32. The molecule has 0 fully saturated rings. The minimum atomic E-state index is -0.0845. The van der Waals surface area contributed by atoms with Crippen molar-refractivity contribution in [2.24, 2.45) is 0 Å². The third-order valence-electron chi connectivity index (χ3n) is 2.40. The van der Waals surface area contributed by atoms with Crippen LogP contribution in [0.15, 0.2) is 34.9 Å². The van der Waals surface area contributed by atoms with Crippen molar-refractivity contribution in [3.8, 4) is 0 Å². The molecule has 5 heteroatoms. The van der Waals surface area contributed by atoms with E-state index in [0.717, 1.165) is 0 Å². The van der Waals surface area contributed by atoms with Gasteiger partial charge in [-0.05, 0) is 35.0 Å². The molecule has 88 valence electrons. The SMILES string of the molecule is CCn1ncc(Br)c1C(=O)c1cccc(Cl)c1. The van der Waals surface area contributed by atoms with E-state index in [1.54, 1.807) is 35.1 Å². The van der Waals surface area contributed by atoms with Gasteiger partial charge < -0.3 is 0 Å². The Kier molecular flexibility index (Phi) is 3.64. The topological polar surface area (TPSA) is 34.9 Å². The van der Waals surface area contributed by atoms with Crippen LogP contribution in [0.1, 0.15) is 23.0 Å². The highest BCUT2D eigenvalue weighted by molar-refractivity contribution is 9.10. The molecule has 0 spiro atoms. The first kappa shape index (κ1) is 12.3. The predicted molar refractivity (Wildman–Crippen MR) is 70.5 cm³/mol. The Hall–Kier alpha value is -1.13. The number of benzene rings is 1. The Morgan fingerprint density at radius 1 is 1.53 bits per heavy atom. The van der Waals surface area contributed by atoms with Crippen molar-refractivity contribution < 1.29 is 4.79 Å². The number of rotatable bonds is 3. The first-order chi connectivity index (χ1) is 8.13. The summed E-state index contributed by atoms with van der Waals surface area (Å²) in [4.78, 5) is 12.3. The molecule has 0 aliphatic heterocycles. The van der Waals surface area contributed by atoms with Gasteiger partial charge in [-0.25, -0.2) is 0 Å². The molecule has 0 amide bonds. The lowest BCUT2D eigenvalue weighted by molar-refractivity contribution is 0.102. The molecule has 2 rings (SSSR count). The number of hydrogen-bond donors (Lipinski definition) is 0. The summed E-state index contributed by atoms with van der Waals surface area (Å²) in [5, 5.41) is 4.67. The zero-order chi connectivity index (χ0) is 12.4. The minimum Gasteiger partial charge on any atom is -0.287 e. The summed E-state index contributed by atoms with van der Waals surface area (Å²) in [6, 6.07) is 6.90. The van der Waals surface area contributed by atoms with Crippen molar-refractivity contribution in [2.75, 3.05) is 0 Å². The molecule has 0 atom stereocenters. The smallest absolute Gasteiger partial charge is 0.212 e. The van der Waals surface area contributed by atoms with Crippen LogP contribution in [0.4, 0.5) is 0 Å². The largest absolute Gasteiger partial charge is 0.287 e. The highest BCUT2D eigenvalue weighted by Gasteiger charge is 2.18. The first-order valence-electron chi connectivity index (χ1n) is 5.15. The second-order valence-electron chi connectivity index (χ2n) is 3.50. The van der Waals surface area contributed by atoms with Gasteiger partial charge in [-0.1, -0.05) is 23.7 Å². The van der Waals surface area contributed by atoms with Crippen LogP contribution in [0.2, 0.25) is 5.02 Å². The fourth-order valence-electron chi connectivity index (χ4n) is 1.59. The van der Waals surface area contributed by atoms with Crippen LogP contribution in [0.3, 0.4) is 0 Å². The van der Waals surface area contributed by atoms with Gasteiger partial charge in [0.1, 0.15) is 5.69 Å². The van der Waals surface area contributed by atoms with Gasteiger partial charge in [0.2, 0.25) is 5.78 Å². The minimum absolute atomic E-state index is 0.0845. The van der Waals surface area contributed by atoms with Gasteiger partial charge in [-0.3, -0.25) is 9.48 Å². The van der Waals surface area contributed by atoms with Crippen LogP contribution in [-0.2, 0) is 6.54 Å². The van der Waals surface area contributed by atoms with Crippen molar-refractivity contribution in [1.82, 2.24) is 9.78 Å². The molecular weight excluding hydrogens is 304 g/mol. The Morgan fingerprint density at radius 2 is 2.29 bits per heavy atom. The molecule has 0 aliphatic carbocycles. The number of aryl methyl sites for hydroxylation is 1. The molecule has 1 aromatic carbocycles. The number of carbonyl (C=O) groups excluding carboxylic acids is 1. The fourth-order valence-corrected chi connectivity index (χ4v) is 2.26. The number of hydrogen-bond acceptors (Lipinski definition) is 2. The van der Waals surface area contributed by atoms with E-state index in [4.69, 9.17) is 11.6 Å². The van der Waals surface area contributed by atoms with Crippen molar-refractivity contribution in [3.05, 3.63) is 51.2 Å². The van der Waals surface area contributed by atoms with E-state index >= 15 is 0 Å². The average Bonchev–Trinajstić information content (AvgIpc) is 2.69. The molecule has 0 radical (unpaired) electrons. The summed E-state index contributed by atoms with van der Waals surface area (Å²) in [7, 11) is 0. The lowest BCUT2D eigenvalue weighted by Crippen LogP contribution is -2.11. The predicted octanol–water partition coefficient (Wildman–Crippen LogP) is 3.55. The summed E-state index contributed by atoms with van der Waals surface area (Å²) in [6.07, 6.45) is 1.63. The Balaban J connectivity index is 2.47. The zero-order valence-electron chi connectivity index (χ0n) is 9.15. The summed E-state index contributed by atoms with van der Waals surface area (Å²) in [6.45, 7) is 2.58. The Morgan fingerprint density at radius 3 is 2.94 bits per heavy atom.